The zero-order valence-corrected chi connectivity index (χ0v) is 13.5. The number of pyridine rings is 1. The van der Waals surface area contributed by atoms with E-state index in [9.17, 15) is 9.59 Å². The van der Waals surface area contributed by atoms with Crippen LogP contribution < -0.4 is 10.9 Å². The fourth-order valence-electron chi connectivity index (χ4n) is 3.00. The zero-order chi connectivity index (χ0) is 16.8. The largest absolute Gasteiger partial charge is 0.292 e. The first-order valence-electron chi connectivity index (χ1n) is 7.87. The third kappa shape index (κ3) is 2.25. The molecule has 122 valence electrons. The number of hydrogen-bond acceptors (Lipinski definition) is 5. The molecule has 0 radical (unpaired) electrons. The highest BCUT2D eigenvalue weighted by Crippen LogP contribution is 2.35. The van der Waals surface area contributed by atoms with Crippen LogP contribution in [0.3, 0.4) is 0 Å². The average Bonchev–Trinajstić information content (AvgIpc) is 3.37. The molecule has 0 unspecified atom stereocenters. The first-order chi connectivity index (χ1) is 11.6. The van der Waals surface area contributed by atoms with Crippen LogP contribution in [0.25, 0.3) is 21.8 Å². The van der Waals surface area contributed by atoms with Crippen LogP contribution in [-0.2, 0) is 7.05 Å². The number of hydrazine groups is 1. The fraction of sp³-hybridized carbons (Fsp3) is 0.294. The number of benzene rings is 1. The summed E-state index contributed by atoms with van der Waals surface area (Å²) in [6.07, 6.45) is 3.58. The van der Waals surface area contributed by atoms with Crippen molar-refractivity contribution in [2.45, 2.75) is 12.8 Å². The second kappa shape index (κ2) is 5.38. The lowest BCUT2D eigenvalue weighted by atomic mass is 10.1. The minimum absolute atomic E-state index is 0.0887. The van der Waals surface area contributed by atoms with Gasteiger partial charge in [-0.2, -0.15) is 5.10 Å². The molecule has 1 aliphatic rings. The predicted molar refractivity (Wildman–Crippen MR) is 89.6 cm³/mol. The summed E-state index contributed by atoms with van der Waals surface area (Å²) in [6.45, 7) is 0. The number of amides is 1. The monoisotopic (exact) mass is 323 g/mol. The van der Waals surface area contributed by atoms with Crippen molar-refractivity contribution in [3.63, 3.8) is 0 Å². The van der Waals surface area contributed by atoms with Gasteiger partial charge in [0, 0.05) is 42.5 Å². The molecule has 0 aliphatic heterocycles. The SMILES string of the molecule is CNNC(=O)c1ccc2ncc3c(C(=O)C4CC4)nn(C)c3c2c1. The molecule has 0 saturated heterocycles. The van der Waals surface area contributed by atoms with Gasteiger partial charge in [0.1, 0.15) is 5.69 Å². The van der Waals surface area contributed by atoms with Crippen LogP contribution >= 0.6 is 0 Å². The maximum atomic E-state index is 12.5. The lowest BCUT2D eigenvalue weighted by molar-refractivity contribution is 0.0936. The highest BCUT2D eigenvalue weighted by Gasteiger charge is 2.33. The normalized spacial score (nSPS) is 14.2. The smallest absolute Gasteiger partial charge is 0.265 e. The second-order valence-corrected chi connectivity index (χ2v) is 6.07. The summed E-state index contributed by atoms with van der Waals surface area (Å²) >= 11 is 0. The molecule has 1 saturated carbocycles. The van der Waals surface area contributed by atoms with Crippen LogP contribution in [0.2, 0.25) is 0 Å². The van der Waals surface area contributed by atoms with Crippen LogP contribution in [0.15, 0.2) is 24.4 Å². The Bertz CT molecular complexity index is 987. The number of aryl methyl sites for hydroxylation is 1. The van der Waals surface area contributed by atoms with Gasteiger partial charge in [-0.1, -0.05) is 0 Å². The van der Waals surface area contributed by atoms with E-state index in [4.69, 9.17) is 0 Å². The third-order valence-electron chi connectivity index (χ3n) is 4.35. The Morgan fingerprint density at radius 3 is 2.75 bits per heavy atom. The Kier molecular flexibility index (Phi) is 3.31. The summed E-state index contributed by atoms with van der Waals surface area (Å²) in [7, 11) is 3.45. The van der Waals surface area contributed by atoms with E-state index in [2.05, 4.69) is 20.9 Å². The van der Waals surface area contributed by atoms with E-state index < -0.39 is 0 Å². The third-order valence-corrected chi connectivity index (χ3v) is 4.35. The van der Waals surface area contributed by atoms with Gasteiger partial charge in [-0.25, -0.2) is 5.43 Å². The molecule has 1 aliphatic carbocycles. The molecule has 1 fully saturated rings. The Labute approximate surface area is 138 Å². The average molecular weight is 323 g/mol. The molecule has 7 nitrogen and oxygen atoms in total. The second-order valence-electron chi connectivity index (χ2n) is 6.07. The summed E-state index contributed by atoms with van der Waals surface area (Å²) < 4.78 is 1.70. The first-order valence-corrected chi connectivity index (χ1v) is 7.87. The number of rotatable bonds is 4. The quantitative estimate of drug-likeness (QED) is 0.562. The van der Waals surface area contributed by atoms with Crippen molar-refractivity contribution in [3.05, 3.63) is 35.7 Å². The van der Waals surface area contributed by atoms with E-state index in [-0.39, 0.29) is 17.6 Å². The van der Waals surface area contributed by atoms with Crippen LogP contribution in [0.4, 0.5) is 0 Å². The van der Waals surface area contributed by atoms with E-state index in [0.717, 1.165) is 34.6 Å². The minimum atomic E-state index is -0.229. The number of carbonyl (C=O) groups is 2. The number of fused-ring (bicyclic) bond motifs is 3. The van der Waals surface area contributed by atoms with E-state index >= 15 is 0 Å². The number of Topliss-reactive ketones (excluding diaryl/α,β-unsaturated/α-hetero) is 1. The van der Waals surface area contributed by atoms with Gasteiger partial charge in [0.05, 0.1) is 11.0 Å². The summed E-state index contributed by atoms with van der Waals surface area (Å²) in [5, 5.41) is 5.98. The van der Waals surface area contributed by atoms with Crippen LogP contribution in [0.1, 0.15) is 33.7 Å². The number of hydrogen-bond donors (Lipinski definition) is 2. The molecular weight excluding hydrogens is 306 g/mol. The van der Waals surface area contributed by atoms with Crippen molar-refractivity contribution in [1.82, 2.24) is 25.6 Å². The van der Waals surface area contributed by atoms with E-state index in [0.29, 0.717) is 11.3 Å². The van der Waals surface area contributed by atoms with Gasteiger partial charge in [-0.15, -0.1) is 0 Å². The Balaban J connectivity index is 1.93. The summed E-state index contributed by atoms with van der Waals surface area (Å²) in [5.74, 6) is -0.0368. The van der Waals surface area contributed by atoms with Crippen LogP contribution in [0.5, 0.6) is 0 Å². The van der Waals surface area contributed by atoms with Gasteiger partial charge in [0.15, 0.2) is 5.78 Å². The van der Waals surface area contributed by atoms with Crippen LogP contribution in [0, 0.1) is 5.92 Å². The van der Waals surface area contributed by atoms with Crippen molar-refractivity contribution in [1.29, 1.82) is 0 Å². The highest BCUT2D eigenvalue weighted by molar-refractivity contribution is 6.14. The zero-order valence-electron chi connectivity index (χ0n) is 13.5. The van der Waals surface area contributed by atoms with Gasteiger partial charge < -0.3 is 0 Å². The van der Waals surface area contributed by atoms with Gasteiger partial charge in [-0.3, -0.25) is 24.7 Å². The fourth-order valence-corrected chi connectivity index (χ4v) is 3.00. The molecule has 2 aromatic heterocycles. The van der Waals surface area contributed by atoms with E-state index in [1.807, 2.05) is 7.05 Å². The molecule has 4 rings (SSSR count). The van der Waals surface area contributed by atoms with Crippen molar-refractivity contribution < 1.29 is 9.59 Å². The maximum Gasteiger partial charge on any atom is 0.265 e. The van der Waals surface area contributed by atoms with Gasteiger partial charge >= 0.3 is 0 Å². The number of ketones is 1. The molecule has 1 aromatic carbocycles. The van der Waals surface area contributed by atoms with Crippen molar-refractivity contribution in [3.8, 4) is 0 Å². The number of nitrogens with one attached hydrogen (secondary N) is 2. The molecule has 2 N–H and O–H groups in total. The summed E-state index contributed by atoms with van der Waals surface area (Å²) in [5.41, 5.74) is 7.75. The van der Waals surface area contributed by atoms with Gasteiger partial charge in [0.25, 0.3) is 5.91 Å². The number of carbonyl (C=O) groups excluding carboxylic acids is 2. The van der Waals surface area contributed by atoms with Crippen LogP contribution in [-0.4, -0.2) is 33.5 Å². The van der Waals surface area contributed by atoms with Crippen molar-refractivity contribution in [2.24, 2.45) is 13.0 Å². The molecule has 3 aromatic rings. The van der Waals surface area contributed by atoms with Crippen molar-refractivity contribution in [2.75, 3.05) is 7.05 Å². The molecule has 0 atom stereocenters. The van der Waals surface area contributed by atoms with E-state index in [1.54, 1.807) is 36.1 Å². The summed E-state index contributed by atoms with van der Waals surface area (Å²) in [4.78, 5) is 28.9. The van der Waals surface area contributed by atoms with E-state index in [1.165, 1.54) is 0 Å². The predicted octanol–water partition coefficient (Wildman–Crippen LogP) is 1.58. The summed E-state index contributed by atoms with van der Waals surface area (Å²) in [6, 6.07) is 5.31. The number of aromatic nitrogens is 3. The molecule has 2 heterocycles. The lowest BCUT2D eigenvalue weighted by Gasteiger charge is -2.06. The Morgan fingerprint density at radius 1 is 1.25 bits per heavy atom. The lowest BCUT2D eigenvalue weighted by Crippen LogP contribution is -2.34. The number of nitrogens with zero attached hydrogens (tertiary/aromatic N) is 3. The van der Waals surface area contributed by atoms with Crippen molar-refractivity contribution >= 4 is 33.5 Å². The highest BCUT2D eigenvalue weighted by atomic mass is 16.2. The van der Waals surface area contributed by atoms with Gasteiger partial charge in [-0.05, 0) is 31.0 Å². The maximum absolute atomic E-state index is 12.5. The molecule has 0 spiro atoms. The standard InChI is InChI=1S/C17H17N5O2/c1-18-20-17(24)10-5-6-13-11(7-10)15-12(8-19-13)14(21-22(15)2)16(23)9-3-4-9/h5-9,18H,3-4H2,1-2H3,(H,20,24). The van der Waals surface area contributed by atoms with Gasteiger partial charge in [0.2, 0.25) is 0 Å². The topological polar surface area (TPSA) is 88.9 Å². The molecule has 7 heteroatoms. The Hall–Kier alpha value is -2.80. The minimum Gasteiger partial charge on any atom is -0.292 e. The molecule has 1 amide bonds. The molecule has 0 bridgehead atoms. The molecular formula is C17H17N5O2. The Morgan fingerprint density at radius 2 is 2.04 bits per heavy atom. The first kappa shape index (κ1) is 14.8. The molecule has 24 heavy (non-hydrogen) atoms.